The Bertz CT molecular complexity index is 1730. The number of alkyl halides is 3. The van der Waals surface area contributed by atoms with Crippen LogP contribution >= 0.6 is 0 Å². The number of aromatic nitrogens is 2. The third-order valence-electron chi connectivity index (χ3n) is 7.44. The summed E-state index contributed by atoms with van der Waals surface area (Å²) in [6, 6.07) is 12.1. The van der Waals surface area contributed by atoms with E-state index in [1.54, 1.807) is 40.7 Å². The summed E-state index contributed by atoms with van der Waals surface area (Å²) in [5, 5.41) is 2.28. The summed E-state index contributed by atoms with van der Waals surface area (Å²) in [5.41, 5.74) is 4.08. The number of imidazole rings is 1. The summed E-state index contributed by atoms with van der Waals surface area (Å²) in [7, 11) is 0. The van der Waals surface area contributed by atoms with Crippen LogP contribution in [0.25, 0.3) is 22.4 Å². The van der Waals surface area contributed by atoms with Gasteiger partial charge in [-0.3, -0.25) is 14.4 Å². The second kappa shape index (κ2) is 10.6. The molecular weight excluding hydrogens is 554 g/mol. The molecule has 12 heteroatoms. The largest absolute Gasteiger partial charge is 0.416 e. The Morgan fingerprint density at radius 2 is 1.76 bits per heavy atom. The van der Waals surface area contributed by atoms with Gasteiger partial charge in [0.15, 0.2) is 5.82 Å². The van der Waals surface area contributed by atoms with Crippen LogP contribution < -0.4 is 16.0 Å². The van der Waals surface area contributed by atoms with Crippen molar-refractivity contribution in [3.63, 3.8) is 0 Å². The van der Waals surface area contributed by atoms with Crippen molar-refractivity contribution < 1.29 is 31.9 Å². The molecule has 2 unspecified atom stereocenters. The van der Waals surface area contributed by atoms with Gasteiger partial charge < -0.3 is 20.5 Å². The van der Waals surface area contributed by atoms with E-state index in [1.165, 1.54) is 12.1 Å². The number of carbonyl (C=O) groups excluding carboxylic acids is 3. The zero-order valence-corrected chi connectivity index (χ0v) is 22.9. The molecule has 1 aliphatic rings. The molecule has 5 rings (SSSR count). The fourth-order valence-electron chi connectivity index (χ4n) is 5.47. The molecule has 4 aromatic rings. The molecule has 1 saturated heterocycles. The fourth-order valence-corrected chi connectivity index (χ4v) is 5.47. The van der Waals surface area contributed by atoms with Crippen molar-refractivity contribution in [1.29, 1.82) is 0 Å². The molecule has 2 atom stereocenters. The monoisotopic (exact) mass is 581 g/mol. The highest BCUT2D eigenvalue weighted by Crippen LogP contribution is 2.37. The molecular formula is C30H27F4N5O3. The van der Waals surface area contributed by atoms with E-state index in [4.69, 9.17) is 5.73 Å². The third kappa shape index (κ3) is 4.97. The van der Waals surface area contributed by atoms with E-state index >= 15 is 0 Å². The maximum Gasteiger partial charge on any atom is 0.416 e. The summed E-state index contributed by atoms with van der Waals surface area (Å²) in [5.74, 6) is -2.97. The molecule has 0 radical (unpaired) electrons. The molecule has 0 aliphatic carbocycles. The van der Waals surface area contributed by atoms with Crippen molar-refractivity contribution in [2.24, 2.45) is 11.7 Å². The molecule has 0 saturated carbocycles. The smallest absolute Gasteiger partial charge is 0.366 e. The molecule has 3 amide bonds. The van der Waals surface area contributed by atoms with Gasteiger partial charge in [0.1, 0.15) is 5.82 Å². The quantitative estimate of drug-likeness (QED) is 0.273. The zero-order chi connectivity index (χ0) is 30.5. The lowest BCUT2D eigenvalue weighted by atomic mass is 10.1. The van der Waals surface area contributed by atoms with Crippen LogP contribution in [-0.2, 0) is 17.5 Å². The number of hydrogen-bond acceptors (Lipinski definition) is 4. The Morgan fingerprint density at radius 1 is 1.07 bits per heavy atom. The lowest BCUT2D eigenvalue weighted by molar-refractivity contribution is -0.137. The van der Waals surface area contributed by atoms with Crippen LogP contribution in [0.2, 0.25) is 0 Å². The van der Waals surface area contributed by atoms with Gasteiger partial charge in [0.2, 0.25) is 5.91 Å². The van der Waals surface area contributed by atoms with Crippen molar-refractivity contribution in [2.75, 3.05) is 10.2 Å². The Kier molecular flexibility index (Phi) is 7.25. The Balaban J connectivity index is 1.61. The van der Waals surface area contributed by atoms with Crippen LogP contribution in [0.3, 0.4) is 0 Å². The van der Waals surface area contributed by atoms with Gasteiger partial charge in [0.05, 0.1) is 33.4 Å². The van der Waals surface area contributed by atoms with Crippen LogP contribution in [0.4, 0.5) is 28.9 Å². The number of nitrogens with one attached hydrogen (secondary N) is 1. The van der Waals surface area contributed by atoms with Crippen molar-refractivity contribution >= 4 is 40.1 Å². The lowest BCUT2D eigenvalue weighted by Crippen LogP contribution is -2.31. The average Bonchev–Trinajstić information content (AvgIpc) is 3.43. The number of hydrogen-bond donors (Lipinski definition) is 2. The van der Waals surface area contributed by atoms with E-state index in [2.05, 4.69) is 10.3 Å². The SMILES string of the molecule is CCn1c(-c2ccc(N3C(=O)C(C)CC3C)cc2)nc2cc(C(F)(F)F)cc(C(=O)Nc3cccc(C(N)=O)c3F)c21. The first-order chi connectivity index (χ1) is 19.8. The lowest BCUT2D eigenvalue weighted by Gasteiger charge is -2.22. The Morgan fingerprint density at radius 3 is 2.33 bits per heavy atom. The number of nitrogens with zero attached hydrogens (tertiary/aromatic N) is 3. The van der Waals surface area contributed by atoms with Gasteiger partial charge in [0, 0.05) is 29.8 Å². The van der Waals surface area contributed by atoms with Gasteiger partial charge in [-0.2, -0.15) is 13.2 Å². The second-order valence-corrected chi connectivity index (χ2v) is 10.3. The minimum Gasteiger partial charge on any atom is -0.366 e. The molecule has 1 aliphatic heterocycles. The van der Waals surface area contributed by atoms with E-state index in [-0.39, 0.29) is 41.0 Å². The maximum atomic E-state index is 14.8. The van der Waals surface area contributed by atoms with E-state index < -0.39 is 40.6 Å². The normalized spacial score (nSPS) is 17.2. The van der Waals surface area contributed by atoms with Crippen LogP contribution in [0.15, 0.2) is 54.6 Å². The standard InChI is InChI=1S/C30H27F4N5O3/c1-4-38-25-21(28(41)37-22-7-5-6-20(24(22)31)26(35)40)13-18(30(32,33)34)14-23(25)36-27(38)17-8-10-19(11-9-17)39-16(3)12-15(2)29(39)42/h5-11,13-16H,4,12H2,1-3H3,(H2,35,40)(H,37,41). The van der Waals surface area contributed by atoms with E-state index in [0.29, 0.717) is 23.1 Å². The van der Waals surface area contributed by atoms with E-state index in [0.717, 1.165) is 18.6 Å². The Labute approximate surface area is 238 Å². The maximum absolute atomic E-state index is 14.8. The minimum atomic E-state index is -4.80. The van der Waals surface area contributed by atoms with Crippen molar-refractivity contribution in [3.05, 3.63) is 77.1 Å². The molecule has 0 spiro atoms. The van der Waals surface area contributed by atoms with Crippen LogP contribution in [0, 0.1) is 11.7 Å². The first-order valence-corrected chi connectivity index (χ1v) is 13.3. The number of rotatable bonds is 6. The van der Waals surface area contributed by atoms with E-state index in [1.807, 2.05) is 13.8 Å². The van der Waals surface area contributed by atoms with Crippen molar-refractivity contribution in [2.45, 2.75) is 46.0 Å². The summed E-state index contributed by atoms with van der Waals surface area (Å²) in [6.07, 6.45) is -4.07. The number of carbonyl (C=O) groups is 3. The van der Waals surface area contributed by atoms with Gasteiger partial charge in [-0.1, -0.05) is 13.0 Å². The molecule has 3 N–H and O–H groups in total. The molecule has 1 aromatic heterocycles. The number of aryl methyl sites for hydroxylation is 1. The number of anilines is 2. The fraction of sp³-hybridized carbons (Fsp3) is 0.267. The molecule has 8 nitrogen and oxygen atoms in total. The van der Waals surface area contributed by atoms with Crippen LogP contribution in [-0.4, -0.2) is 33.3 Å². The predicted molar refractivity (Wildman–Crippen MR) is 149 cm³/mol. The summed E-state index contributed by atoms with van der Waals surface area (Å²) < 4.78 is 58.1. The number of halogens is 4. The van der Waals surface area contributed by atoms with Crippen molar-refractivity contribution in [1.82, 2.24) is 9.55 Å². The Hall–Kier alpha value is -4.74. The average molecular weight is 582 g/mol. The molecule has 3 aromatic carbocycles. The highest BCUT2D eigenvalue weighted by Gasteiger charge is 2.36. The summed E-state index contributed by atoms with van der Waals surface area (Å²) in [4.78, 5) is 43.8. The molecule has 2 heterocycles. The second-order valence-electron chi connectivity index (χ2n) is 10.3. The van der Waals surface area contributed by atoms with Gasteiger partial charge in [-0.15, -0.1) is 0 Å². The van der Waals surface area contributed by atoms with Gasteiger partial charge in [0.25, 0.3) is 11.8 Å². The molecule has 0 bridgehead atoms. The zero-order valence-electron chi connectivity index (χ0n) is 22.9. The summed E-state index contributed by atoms with van der Waals surface area (Å²) in [6.45, 7) is 5.83. The highest BCUT2D eigenvalue weighted by atomic mass is 19.4. The topological polar surface area (TPSA) is 110 Å². The number of benzene rings is 3. The molecule has 1 fully saturated rings. The number of nitrogens with two attached hydrogens (primary N) is 1. The highest BCUT2D eigenvalue weighted by molar-refractivity contribution is 6.12. The summed E-state index contributed by atoms with van der Waals surface area (Å²) >= 11 is 0. The first kappa shape index (κ1) is 28.8. The van der Waals surface area contributed by atoms with Gasteiger partial charge >= 0.3 is 6.18 Å². The van der Waals surface area contributed by atoms with Gasteiger partial charge in [-0.25, -0.2) is 9.37 Å². The number of primary amides is 1. The third-order valence-corrected chi connectivity index (χ3v) is 7.44. The number of fused-ring (bicyclic) bond motifs is 1. The minimum absolute atomic E-state index is 0.0178. The predicted octanol–water partition coefficient (Wildman–Crippen LogP) is 5.99. The van der Waals surface area contributed by atoms with Crippen LogP contribution in [0.5, 0.6) is 0 Å². The van der Waals surface area contributed by atoms with Crippen molar-refractivity contribution in [3.8, 4) is 11.4 Å². The van der Waals surface area contributed by atoms with Crippen LogP contribution in [0.1, 0.15) is 53.5 Å². The van der Waals surface area contributed by atoms with E-state index in [9.17, 15) is 31.9 Å². The molecule has 218 valence electrons. The van der Waals surface area contributed by atoms with Gasteiger partial charge in [-0.05, 0) is 68.8 Å². The first-order valence-electron chi connectivity index (χ1n) is 13.3. The molecule has 42 heavy (non-hydrogen) atoms. The number of amides is 3.